The van der Waals surface area contributed by atoms with Crippen molar-refractivity contribution in [3.05, 3.63) is 47.5 Å². The second-order valence-corrected chi connectivity index (χ2v) is 8.32. The number of esters is 2. The van der Waals surface area contributed by atoms with Crippen molar-refractivity contribution in [3.63, 3.8) is 0 Å². The fourth-order valence-corrected chi connectivity index (χ4v) is 3.39. The van der Waals surface area contributed by atoms with Crippen LogP contribution in [0.5, 0.6) is 11.5 Å². The molecule has 33 heavy (non-hydrogen) atoms. The van der Waals surface area contributed by atoms with Crippen LogP contribution in [0.4, 0.5) is 0 Å². The molecule has 180 valence electrons. The molecular weight excluding hydrogens is 420 g/mol. The van der Waals surface area contributed by atoms with Crippen LogP contribution < -0.4 is 4.74 Å². The first-order valence-electron chi connectivity index (χ1n) is 11.7. The summed E-state index contributed by atoms with van der Waals surface area (Å²) in [7, 11) is 0. The van der Waals surface area contributed by atoms with Gasteiger partial charge in [-0.2, -0.15) is 0 Å². The maximum Gasteiger partial charge on any atom is 0.306 e. The monoisotopic (exact) mass is 456 g/mol. The minimum Gasteiger partial charge on any atom is -0.507 e. The number of carbonyl (C=O) groups is 2. The van der Waals surface area contributed by atoms with Crippen LogP contribution in [0.15, 0.2) is 36.4 Å². The molecule has 0 aromatic heterocycles. The van der Waals surface area contributed by atoms with E-state index in [9.17, 15) is 14.7 Å². The van der Waals surface area contributed by atoms with E-state index in [1.165, 1.54) is 0 Å². The van der Waals surface area contributed by atoms with E-state index in [0.29, 0.717) is 49.9 Å². The summed E-state index contributed by atoms with van der Waals surface area (Å²) in [5.74, 6) is 0.835. The van der Waals surface area contributed by atoms with Crippen molar-refractivity contribution < 1.29 is 28.9 Å². The summed E-state index contributed by atoms with van der Waals surface area (Å²) in [5, 5.41) is 10.6. The molecule has 0 unspecified atom stereocenters. The highest BCUT2D eigenvalue weighted by Crippen LogP contribution is 2.38. The quantitative estimate of drug-likeness (QED) is 0.402. The van der Waals surface area contributed by atoms with Crippen molar-refractivity contribution in [2.24, 2.45) is 5.92 Å². The summed E-state index contributed by atoms with van der Waals surface area (Å²) in [6.45, 7) is 9.14. The molecule has 2 aromatic carbocycles. The summed E-state index contributed by atoms with van der Waals surface area (Å²) in [4.78, 5) is 23.5. The summed E-state index contributed by atoms with van der Waals surface area (Å²) < 4.78 is 16.1. The topological polar surface area (TPSA) is 82.1 Å². The number of phenolic OH excluding ortho intramolecular Hbond substituents is 1. The normalized spacial score (nSPS) is 10.8. The molecule has 0 heterocycles. The van der Waals surface area contributed by atoms with Gasteiger partial charge >= 0.3 is 11.9 Å². The van der Waals surface area contributed by atoms with Crippen molar-refractivity contribution in [3.8, 4) is 22.6 Å². The van der Waals surface area contributed by atoms with E-state index in [2.05, 4.69) is 13.8 Å². The molecule has 6 nitrogen and oxygen atoms in total. The molecule has 0 aliphatic carbocycles. The lowest BCUT2D eigenvalue weighted by molar-refractivity contribution is -0.144. The molecule has 1 N–H and O–H groups in total. The van der Waals surface area contributed by atoms with Crippen LogP contribution in [0.3, 0.4) is 0 Å². The smallest absolute Gasteiger partial charge is 0.306 e. The largest absolute Gasteiger partial charge is 0.507 e. The first-order valence-corrected chi connectivity index (χ1v) is 11.7. The third-order valence-corrected chi connectivity index (χ3v) is 5.19. The van der Waals surface area contributed by atoms with Crippen LogP contribution in [0.1, 0.15) is 58.1 Å². The molecule has 6 heteroatoms. The van der Waals surface area contributed by atoms with Crippen LogP contribution in [-0.2, 0) is 31.9 Å². The fourth-order valence-electron chi connectivity index (χ4n) is 3.39. The molecular formula is C27H36O6. The number of hydrogen-bond acceptors (Lipinski definition) is 6. The van der Waals surface area contributed by atoms with Crippen molar-refractivity contribution in [2.75, 3.05) is 19.8 Å². The number of ether oxygens (including phenoxy) is 3. The molecule has 0 bridgehead atoms. The van der Waals surface area contributed by atoms with Crippen molar-refractivity contribution in [2.45, 2.75) is 59.8 Å². The molecule has 0 aliphatic heterocycles. The second kappa shape index (κ2) is 13.5. The highest BCUT2D eigenvalue weighted by atomic mass is 16.5. The zero-order chi connectivity index (χ0) is 24.2. The SMILES string of the molecule is CCOC(=O)CCc1ccc(O)c(-c2cc(CCC(=O)OCC)ccc2OCCC(C)C)c1. The summed E-state index contributed by atoms with van der Waals surface area (Å²) in [6.07, 6.45) is 2.51. The highest BCUT2D eigenvalue weighted by Gasteiger charge is 2.15. The van der Waals surface area contributed by atoms with Gasteiger partial charge < -0.3 is 19.3 Å². The molecule has 0 saturated heterocycles. The number of benzene rings is 2. The zero-order valence-corrected chi connectivity index (χ0v) is 20.2. The Morgan fingerprint density at radius 2 is 1.39 bits per heavy atom. The average molecular weight is 457 g/mol. The van der Waals surface area contributed by atoms with E-state index >= 15 is 0 Å². The zero-order valence-electron chi connectivity index (χ0n) is 20.2. The number of hydrogen-bond donors (Lipinski definition) is 1. The van der Waals surface area contributed by atoms with Crippen LogP contribution in [0.2, 0.25) is 0 Å². The Kier molecular flexibility index (Phi) is 10.7. The Morgan fingerprint density at radius 1 is 0.848 bits per heavy atom. The molecule has 2 aromatic rings. The van der Waals surface area contributed by atoms with Crippen molar-refractivity contribution >= 4 is 11.9 Å². The number of phenols is 1. The lowest BCUT2D eigenvalue weighted by Gasteiger charge is -2.16. The maximum absolute atomic E-state index is 11.8. The molecule has 0 radical (unpaired) electrons. The minimum atomic E-state index is -0.245. The van der Waals surface area contributed by atoms with Crippen LogP contribution in [0, 0.1) is 5.92 Å². The van der Waals surface area contributed by atoms with E-state index < -0.39 is 0 Å². The van der Waals surface area contributed by atoms with Gasteiger partial charge in [-0.25, -0.2) is 0 Å². The van der Waals surface area contributed by atoms with E-state index in [-0.39, 0.29) is 30.5 Å². The Morgan fingerprint density at radius 3 is 1.94 bits per heavy atom. The van der Waals surface area contributed by atoms with Gasteiger partial charge in [0, 0.05) is 24.0 Å². The van der Waals surface area contributed by atoms with Crippen LogP contribution in [0.25, 0.3) is 11.1 Å². The fraction of sp³-hybridized carbons (Fsp3) is 0.481. The van der Waals surface area contributed by atoms with Gasteiger partial charge in [0.1, 0.15) is 11.5 Å². The maximum atomic E-state index is 11.8. The molecule has 0 atom stereocenters. The molecule has 0 aliphatic rings. The van der Waals surface area contributed by atoms with Crippen LogP contribution >= 0.6 is 0 Å². The second-order valence-electron chi connectivity index (χ2n) is 8.32. The highest BCUT2D eigenvalue weighted by molar-refractivity contribution is 5.77. The first kappa shape index (κ1) is 26.2. The van der Waals surface area contributed by atoms with Crippen molar-refractivity contribution in [1.29, 1.82) is 0 Å². The van der Waals surface area contributed by atoms with Gasteiger partial charge in [0.15, 0.2) is 0 Å². The lowest BCUT2D eigenvalue weighted by atomic mass is 9.96. The van der Waals surface area contributed by atoms with Gasteiger partial charge in [0.25, 0.3) is 0 Å². The first-order chi connectivity index (χ1) is 15.8. The van der Waals surface area contributed by atoms with Crippen molar-refractivity contribution in [1.82, 2.24) is 0 Å². The molecule has 0 spiro atoms. The minimum absolute atomic E-state index is 0.131. The van der Waals surface area contributed by atoms with Gasteiger partial charge in [0.2, 0.25) is 0 Å². The van der Waals surface area contributed by atoms with E-state index in [1.807, 2.05) is 30.3 Å². The number of aryl methyl sites for hydroxylation is 2. The summed E-state index contributed by atoms with van der Waals surface area (Å²) in [6, 6.07) is 11.1. The van der Waals surface area contributed by atoms with Gasteiger partial charge in [0.05, 0.1) is 19.8 Å². The number of aromatic hydroxyl groups is 1. The lowest BCUT2D eigenvalue weighted by Crippen LogP contribution is -2.06. The molecule has 0 fully saturated rings. The Balaban J connectivity index is 2.32. The van der Waals surface area contributed by atoms with Gasteiger partial charge in [-0.3, -0.25) is 9.59 Å². The van der Waals surface area contributed by atoms with E-state index in [1.54, 1.807) is 19.9 Å². The summed E-state index contributed by atoms with van der Waals surface area (Å²) in [5.41, 5.74) is 3.26. The average Bonchev–Trinajstić information content (AvgIpc) is 2.78. The number of carbonyl (C=O) groups excluding carboxylic acids is 2. The molecule has 0 amide bonds. The number of rotatable bonds is 13. The Hall–Kier alpha value is -3.02. The predicted molar refractivity (Wildman–Crippen MR) is 128 cm³/mol. The summed E-state index contributed by atoms with van der Waals surface area (Å²) >= 11 is 0. The predicted octanol–water partition coefficient (Wildman–Crippen LogP) is 5.48. The standard InChI is InChI=1S/C27H36O6/c1-5-31-26(29)13-9-20-7-11-24(28)22(17-20)23-18-21(10-14-27(30)32-6-2)8-12-25(23)33-16-15-19(3)4/h7-8,11-12,17-19,28H,5-6,9-10,13-16H2,1-4H3. The third kappa shape index (κ3) is 8.79. The van der Waals surface area contributed by atoms with Crippen LogP contribution in [-0.4, -0.2) is 36.9 Å². The van der Waals surface area contributed by atoms with Gasteiger partial charge in [-0.1, -0.05) is 26.0 Å². The van der Waals surface area contributed by atoms with Gasteiger partial charge in [-0.15, -0.1) is 0 Å². The molecule has 2 rings (SSSR count). The van der Waals surface area contributed by atoms with Gasteiger partial charge in [-0.05, 0) is 74.4 Å². The van der Waals surface area contributed by atoms with E-state index in [4.69, 9.17) is 14.2 Å². The third-order valence-electron chi connectivity index (χ3n) is 5.19. The van der Waals surface area contributed by atoms with E-state index in [0.717, 1.165) is 23.1 Å². The Labute approximate surface area is 196 Å². The Bertz CT molecular complexity index is 919. The molecule has 0 saturated carbocycles.